The molecule has 0 spiro atoms. The summed E-state index contributed by atoms with van der Waals surface area (Å²) in [6.07, 6.45) is 2.28. The third-order valence-corrected chi connectivity index (χ3v) is 2.99. The fourth-order valence-corrected chi connectivity index (χ4v) is 1.80. The molecule has 0 fully saturated rings. The molecule has 1 heterocycles. The van der Waals surface area contributed by atoms with Crippen LogP contribution in [0.5, 0.6) is 0 Å². The maximum Gasteiger partial charge on any atom is 0.274 e. The van der Waals surface area contributed by atoms with Crippen LogP contribution in [0.3, 0.4) is 0 Å². The van der Waals surface area contributed by atoms with Gasteiger partial charge in [0.25, 0.3) is 5.91 Å². The number of anilines is 1. The molecule has 0 aliphatic carbocycles. The number of amidine groups is 1. The van der Waals surface area contributed by atoms with Crippen LogP contribution in [0.15, 0.2) is 47.8 Å². The molecule has 21 heavy (non-hydrogen) atoms. The number of carbonyl (C=O) groups is 1. The highest BCUT2D eigenvalue weighted by Crippen LogP contribution is 2.12. The second-order valence-corrected chi connectivity index (χ2v) is 4.43. The number of aromatic nitrogens is 1. The number of oxime groups is 1. The molecule has 0 saturated carbocycles. The SMILES string of the molecule is CCc1cccc(NC(=O)c2ccc(C(N)=NO)cn2)c1. The van der Waals surface area contributed by atoms with Crippen molar-refractivity contribution in [2.24, 2.45) is 10.9 Å². The molecule has 1 aromatic heterocycles. The first-order valence-electron chi connectivity index (χ1n) is 6.48. The number of nitrogens with two attached hydrogens (primary N) is 1. The molecule has 0 aliphatic rings. The number of amides is 1. The van der Waals surface area contributed by atoms with Crippen molar-refractivity contribution in [2.75, 3.05) is 5.32 Å². The molecule has 0 saturated heterocycles. The second-order valence-electron chi connectivity index (χ2n) is 4.43. The predicted molar refractivity (Wildman–Crippen MR) is 80.5 cm³/mol. The Morgan fingerprint density at radius 2 is 2.19 bits per heavy atom. The van der Waals surface area contributed by atoms with E-state index in [1.165, 1.54) is 12.3 Å². The van der Waals surface area contributed by atoms with Crippen LogP contribution in [-0.4, -0.2) is 21.9 Å². The molecule has 0 unspecified atom stereocenters. The van der Waals surface area contributed by atoms with E-state index in [0.29, 0.717) is 5.56 Å². The summed E-state index contributed by atoms with van der Waals surface area (Å²) in [4.78, 5) is 16.1. The van der Waals surface area contributed by atoms with Crippen molar-refractivity contribution in [2.45, 2.75) is 13.3 Å². The van der Waals surface area contributed by atoms with Gasteiger partial charge in [0.1, 0.15) is 5.69 Å². The van der Waals surface area contributed by atoms with Gasteiger partial charge in [-0.15, -0.1) is 0 Å². The minimum absolute atomic E-state index is 0.0508. The smallest absolute Gasteiger partial charge is 0.274 e. The average molecular weight is 284 g/mol. The average Bonchev–Trinajstić information content (AvgIpc) is 2.54. The van der Waals surface area contributed by atoms with Crippen molar-refractivity contribution >= 4 is 17.4 Å². The summed E-state index contributed by atoms with van der Waals surface area (Å²) in [5.41, 5.74) is 8.00. The van der Waals surface area contributed by atoms with Crippen LogP contribution in [0.25, 0.3) is 0 Å². The summed E-state index contributed by atoms with van der Waals surface area (Å²) in [6.45, 7) is 2.05. The molecular weight excluding hydrogens is 268 g/mol. The first kappa shape index (κ1) is 14.5. The Hall–Kier alpha value is -2.89. The van der Waals surface area contributed by atoms with E-state index < -0.39 is 0 Å². The van der Waals surface area contributed by atoms with Gasteiger partial charge in [0.2, 0.25) is 0 Å². The van der Waals surface area contributed by atoms with Crippen LogP contribution in [-0.2, 0) is 6.42 Å². The second kappa shape index (κ2) is 6.51. The largest absolute Gasteiger partial charge is 0.409 e. The van der Waals surface area contributed by atoms with E-state index in [2.05, 4.69) is 15.5 Å². The highest BCUT2D eigenvalue weighted by Gasteiger charge is 2.09. The van der Waals surface area contributed by atoms with E-state index in [1.807, 2.05) is 31.2 Å². The van der Waals surface area contributed by atoms with Crippen molar-refractivity contribution in [3.8, 4) is 0 Å². The normalized spacial score (nSPS) is 11.2. The minimum atomic E-state index is -0.311. The number of nitrogens with zero attached hydrogens (tertiary/aromatic N) is 2. The topological polar surface area (TPSA) is 101 Å². The number of hydrogen-bond acceptors (Lipinski definition) is 4. The molecule has 0 bridgehead atoms. The van der Waals surface area contributed by atoms with Gasteiger partial charge in [-0.25, -0.2) is 0 Å². The van der Waals surface area contributed by atoms with Gasteiger partial charge in [0.15, 0.2) is 5.84 Å². The molecule has 108 valence electrons. The van der Waals surface area contributed by atoms with Gasteiger partial charge < -0.3 is 16.3 Å². The van der Waals surface area contributed by atoms with E-state index in [-0.39, 0.29) is 17.4 Å². The zero-order valence-electron chi connectivity index (χ0n) is 11.6. The molecular formula is C15H16N4O2. The first-order valence-corrected chi connectivity index (χ1v) is 6.48. The lowest BCUT2D eigenvalue weighted by Gasteiger charge is -2.06. The quantitative estimate of drug-likeness (QED) is 0.346. The third kappa shape index (κ3) is 3.56. The summed E-state index contributed by atoms with van der Waals surface area (Å²) in [6, 6.07) is 10.7. The maximum absolute atomic E-state index is 12.1. The van der Waals surface area contributed by atoms with Crippen LogP contribution in [0.4, 0.5) is 5.69 Å². The maximum atomic E-state index is 12.1. The molecule has 6 heteroatoms. The number of pyridine rings is 1. The zero-order chi connectivity index (χ0) is 15.2. The fourth-order valence-electron chi connectivity index (χ4n) is 1.80. The van der Waals surface area contributed by atoms with Crippen molar-refractivity contribution in [1.82, 2.24) is 4.98 Å². The highest BCUT2D eigenvalue weighted by molar-refractivity contribution is 6.03. The molecule has 0 atom stereocenters. The number of carbonyl (C=O) groups excluding carboxylic acids is 1. The minimum Gasteiger partial charge on any atom is -0.409 e. The number of rotatable bonds is 4. The molecule has 1 amide bonds. The number of hydrogen-bond donors (Lipinski definition) is 3. The van der Waals surface area contributed by atoms with Gasteiger partial charge in [-0.3, -0.25) is 9.78 Å². The third-order valence-electron chi connectivity index (χ3n) is 2.99. The fraction of sp³-hybridized carbons (Fsp3) is 0.133. The van der Waals surface area contributed by atoms with Gasteiger partial charge in [0.05, 0.1) is 0 Å². The van der Waals surface area contributed by atoms with Crippen molar-refractivity contribution in [1.29, 1.82) is 0 Å². The van der Waals surface area contributed by atoms with Crippen LogP contribution >= 0.6 is 0 Å². The summed E-state index contributed by atoms with van der Waals surface area (Å²) >= 11 is 0. The molecule has 4 N–H and O–H groups in total. The summed E-state index contributed by atoms with van der Waals surface area (Å²) in [7, 11) is 0. The lowest BCUT2D eigenvalue weighted by atomic mass is 10.1. The zero-order valence-corrected chi connectivity index (χ0v) is 11.6. The van der Waals surface area contributed by atoms with E-state index in [0.717, 1.165) is 17.7 Å². The lowest BCUT2D eigenvalue weighted by Crippen LogP contribution is -2.16. The molecule has 2 aromatic rings. The lowest BCUT2D eigenvalue weighted by molar-refractivity contribution is 0.102. The first-order chi connectivity index (χ1) is 10.1. The predicted octanol–water partition coefficient (Wildman–Crippen LogP) is 1.99. The number of nitrogens with one attached hydrogen (secondary N) is 1. The Bertz CT molecular complexity index is 666. The Morgan fingerprint density at radius 3 is 2.81 bits per heavy atom. The highest BCUT2D eigenvalue weighted by atomic mass is 16.4. The van der Waals surface area contributed by atoms with E-state index in [9.17, 15) is 4.79 Å². The van der Waals surface area contributed by atoms with Crippen LogP contribution in [0, 0.1) is 0 Å². The van der Waals surface area contributed by atoms with E-state index >= 15 is 0 Å². The molecule has 1 aromatic carbocycles. The molecule has 2 rings (SSSR count). The Kier molecular flexibility index (Phi) is 4.50. The van der Waals surface area contributed by atoms with Crippen molar-refractivity contribution < 1.29 is 10.0 Å². The monoisotopic (exact) mass is 284 g/mol. The molecule has 0 aliphatic heterocycles. The van der Waals surface area contributed by atoms with Gasteiger partial charge >= 0.3 is 0 Å². The van der Waals surface area contributed by atoms with E-state index in [4.69, 9.17) is 10.9 Å². The number of benzene rings is 1. The van der Waals surface area contributed by atoms with E-state index in [1.54, 1.807) is 6.07 Å². The van der Waals surface area contributed by atoms with Crippen LogP contribution < -0.4 is 11.1 Å². The van der Waals surface area contributed by atoms with Gasteiger partial charge in [-0.1, -0.05) is 24.2 Å². The van der Waals surface area contributed by atoms with Gasteiger partial charge in [-0.05, 0) is 36.2 Å². The molecule has 6 nitrogen and oxygen atoms in total. The Morgan fingerprint density at radius 1 is 1.38 bits per heavy atom. The van der Waals surface area contributed by atoms with Crippen LogP contribution in [0.2, 0.25) is 0 Å². The Balaban J connectivity index is 2.13. The van der Waals surface area contributed by atoms with Crippen molar-refractivity contribution in [3.05, 3.63) is 59.4 Å². The number of aryl methyl sites for hydroxylation is 1. The summed E-state index contributed by atoms with van der Waals surface area (Å²) < 4.78 is 0. The summed E-state index contributed by atoms with van der Waals surface area (Å²) in [5.74, 6) is -0.362. The van der Waals surface area contributed by atoms with Gasteiger partial charge in [0, 0.05) is 17.4 Å². The summed E-state index contributed by atoms with van der Waals surface area (Å²) in [5, 5.41) is 14.2. The van der Waals surface area contributed by atoms with Gasteiger partial charge in [-0.2, -0.15) is 0 Å². The van der Waals surface area contributed by atoms with Crippen molar-refractivity contribution in [3.63, 3.8) is 0 Å². The standard InChI is InChI=1S/C15H16N4O2/c1-2-10-4-3-5-12(8-10)18-15(20)13-7-6-11(9-17-13)14(16)19-21/h3-9,21H,2H2,1H3,(H2,16,19)(H,18,20). The Labute approximate surface area is 122 Å². The van der Waals surface area contributed by atoms with Crippen LogP contribution in [0.1, 0.15) is 28.5 Å². The molecule has 0 radical (unpaired) electrons.